The molecule has 2 aromatic rings. The molecule has 0 aliphatic carbocycles. The van der Waals surface area contributed by atoms with Gasteiger partial charge >= 0.3 is 0 Å². The fourth-order valence-electron chi connectivity index (χ4n) is 1.54. The van der Waals surface area contributed by atoms with Gasteiger partial charge in [0, 0.05) is 17.7 Å². The van der Waals surface area contributed by atoms with Crippen molar-refractivity contribution in [1.82, 2.24) is 10.2 Å². The highest BCUT2D eigenvalue weighted by molar-refractivity contribution is 6.32. The Morgan fingerprint density at radius 2 is 2.31 bits per heavy atom. The fourth-order valence-corrected chi connectivity index (χ4v) is 1.80. The average Bonchev–Trinajstić information content (AvgIpc) is 2.77. The Hall–Kier alpha value is -1.52. The molecule has 0 spiro atoms. The second kappa shape index (κ2) is 4.55. The van der Waals surface area contributed by atoms with Crippen molar-refractivity contribution in [3.05, 3.63) is 35.0 Å². The molecule has 0 saturated heterocycles. The van der Waals surface area contributed by atoms with E-state index in [2.05, 4.69) is 10.2 Å². The number of nitrogens with two attached hydrogens (primary N) is 1. The largest absolute Gasteiger partial charge is 0.495 e. The first-order valence-corrected chi connectivity index (χ1v) is 5.20. The van der Waals surface area contributed by atoms with Crippen LogP contribution in [0.4, 0.5) is 0 Å². The van der Waals surface area contributed by atoms with Crippen molar-refractivity contribution in [2.45, 2.75) is 6.54 Å². The van der Waals surface area contributed by atoms with E-state index in [1.54, 1.807) is 13.3 Å². The number of halogens is 1. The minimum absolute atomic E-state index is 0.440. The molecule has 84 valence electrons. The number of benzene rings is 1. The molecule has 0 saturated carbocycles. The molecule has 2 rings (SSSR count). The first kappa shape index (κ1) is 11.0. The molecule has 0 radical (unpaired) electrons. The van der Waals surface area contributed by atoms with Gasteiger partial charge in [0.25, 0.3) is 0 Å². The van der Waals surface area contributed by atoms with Gasteiger partial charge in [0.05, 0.1) is 24.0 Å². The molecule has 1 aromatic carbocycles. The van der Waals surface area contributed by atoms with Crippen LogP contribution in [0.1, 0.15) is 5.56 Å². The Kier molecular flexibility index (Phi) is 3.12. The smallest absolute Gasteiger partial charge is 0.137 e. The highest BCUT2D eigenvalue weighted by Gasteiger charge is 2.08. The van der Waals surface area contributed by atoms with Gasteiger partial charge in [-0.05, 0) is 18.2 Å². The van der Waals surface area contributed by atoms with Gasteiger partial charge in [-0.15, -0.1) is 0 Å². The van der Waals surface area contributed by atoms with Gasteiger partial charge in [0.15, 0.2) is 0 Å². The van der Waals surface area contributed by atoms with E-state index >= 15 is 0 Å². The number of rotatable bonds is 3. The Morgan fingerprint density at radius 1 is 1.50 bits per heavy atom. The van der Waals surface area contributed by atoms with Crippen LogP contribution < -0.4 is 10.5 Å². The summed E-state index contributed by atoms with van der Waals surface area (Å²) in [7, 11) is 1.59. The van der Waals surface area contributed by atoms with Gasteiger partial charge in [-0.2, -0.15) is 5.10 Å². The van der Waals surface area contributed by atoms with Gasteiger partial charge in [-0.25, -0.2) is 0 Å². The molecule has 16 heavy (non-hydrogen) atoms. The number of nitrogens with zero attached hydrogens (tertiary/aromatic N) is 1. The highest BCUT2D eigenvalue weighted by atomic mass is 35.5. The third-order valence-corrected chi connectivity index (χ3v) is 2.67. The minimum Gasteiger partial charge on any atom is -0.495 e. The summed E-state index contributed by atoms with van der Waals surface area (Å²) in [5.74, 6) is 0.652. The molecule has 1 aromatic heterocycles. The fraction of sp³-hybridized carbons (Fsp3) is 0.182. The van der Waals surface area contributed by atoms with E-state index in [9.17, 15) is 0 Å². The molecule has 3 N–H and O–H groups in total. The van der Waals surface area contributed by atoms with E-state index in [1.165, 1.54) is 0 Å². The number of aromatic amines is 1. The van der Waals surface area contributed by atoms with Crippen molar-refractivity contribution in [2.24, 2.45) is 5.73 Å². The van der Waals surface area contributed by atoms with E-state index in [1.807, 2.05) is 18.2 Å². The lowest BCUT2D eigenvalue weighted by Crippen LogP contribution is -1.96. The second-order valence-electron chi connectivity index (χ2n) is 3.32. The van der Waals surface area contributed by atoms with Crippen LogP contribution >= 0.6 is 11.6 Å². The predicted molar refractivity (Wildman–Crippen MR) is 63.5 cm³/mol. The molecule has 0 aliphatic heterocycles. The Bertz CT molecular complexity index is 496. The molecular formula is C11H12ClN3O. The minimum atomic E-state index is 0.440. The van der Waals surface area contributed by atoms with Gasteiger partial charge < -0.3 is 10.5 Å². The average molecular weight is 238 g/mol. The van der Waals surface area contributed by atoms with Gasteiger partial charge in [-0.3, -0.25) is 5.10 Å². The van der Waals surface area contributed by atoms with Crippen molar-refractivity contribution in [3.8, 4) is 17.0 Å². The number of hydrogen-bond acceptors (Lipinski definition) is 3. The Morgan fingerprint density at radius 3 is 2.94 bits per heavy atom. The summed E-state index contributed by atoms with van der Waals surface area (Å²) in [5.41, 5.74) is 8.41. The van der Waals surface area contributed by atoms with Crippen molar-refractivity contribution in [1.29, 1.82) is 0 Å². The first-order valence-electron chi connectivity index (χ1n) is 4.82. The van der Waals surface area contributed by atoms with Crippen LogP contribution in [0.5, 0.6) is 5.75 Å². The SMILES string of the molecule is COc1ccc(-c2[nH]ncc2CN)cc1Cl. The summed E-state index contributed by atoms with van der Waals surface area (Å²) in [5, 5.41) is 7.44. The van der Waals surface area contributed by atoms with Crippen molar-refractivity contribution in [2.75, 3.05) is 7.11 Å². The second-order valence-corrected chi connectivity index (χ2v) is 3.73. The lowest BCUT2D eigenvalue weighted by molar-refractivity contribution is 0.415. The van der Waals surface area contributed by atoms with Crippen molar-refractivity contribution < 1.29 is 4.74 Å². The van der Waals surface area contributed by atoms with Crippen LogP contribution in [0, 0.1) is 0 Å². The zero-order chi connectivity index (χ0) is 11.5. The quantitative estimate of drug-likeness (QED) is 0.860. The van der Waals surface area contributed by atoms with E-state index < -0.39 is 0 Å². The summed E-state index contributed by atoms with van der Waals surface area (Å²) >= 11 is 6.05. The number of hydrogen-bond donors (Lipinski definition) is 2. The zero-order valence-corrected chi connectivity index (χ0v) is 9.58. The number of H-pyrrole nitrogens is 1. The third-order valence-electron chi connectivity index (χ3n) is 2.38. The molecule has 0 aliphatic rings. The molecule has 0 fully saturated rings. The van der Waals surface area contributed by atoms with Gasteiger partial charge in [-0.1, -0.05) is 11.6 Å². The van der Waals surface area contributed by atoms with E-state index in [0.29, 0.717) is 17.3 Å². The zero-order valence-electron chi connectivity index (χ0n) is 8.83. The molecule has 0 bridgehead atoms. The van der Waals surface area contributed by atoms with Crippen LogP contribution in [-0.4, -0.2) is 17.3 Å². The summed E-state index contributed by atoms with van der Waals surface area (Å²) in [4.78, 5) is 0. The lowest BCUT2D eigenvalue weighted by Gasteiger charge is -2.05. The molecular weight excluding hydrogens is 226 g/mol. The Labute approximate surface area is 98.4 Å². The van der Waals surface area contributed by atoms with Gasteiger partial charge in [0.2, 0.25) is 0 Å². The molecule has 0 atom stereocenters. The number of methoxy groups -OCH3 is 1. The normalized spacial score (nSPS) is 10.4. The van der Waals surface area contributed by atoms with Crippen molar-refractivity contribution in [3.63, 3.8) is 0 Å². The maximum atomic E-state index is 6.05. The Balaban J connectivity index is 2.45. The number of nitrogens with one attached hydrogen (secondary N) is 1. The van der Waals surface area contributed by atoms with Crippen LogP contribution in [0.2, 0.25) is 5.02 Å². The summed E-state index contributed by atoms with van der Waals surface area (Å²) in [6, 6.07) is 5.56. The molecule has 0 amide bonds. The standard InChI is InChI=1S/C11H12ClN3O/c1-16-10-3-2-7(4-9(10)12)11-8(5-13)6-14-15-11/h2-4,6H,5,13H2,1H3,(H,14,15). The number of aromatic nitrogens is 2. The van der Waals surface area contributed by atoms with E-state index in [0.717, 1.165) is 16.8 Å². The maximum Gasteiger partial charge on any atom is 0.137 e. The van der Waals surface area contributed by atoms with Crippen molar-refractivity contribution >= 4 is 11.6 Å². The molecule has 0 unspecified atom stereocenters. The van der Waals surface area contributed by atoms with E-state index in [-0.39, 0.29) is 0 Å². The van der Waals surface area contributed by atoms with Crippen LogP contribution in [0.25, 0.3) is 11.3 Å². The topological polar surface area (TPSA) is 63.9 Å². The summed E-state index contributed by atoms with van der Waals surface area (Å²) < 4.78 is 5.09. The van der Waals surface area contributed by atoms with E-state index in [4.69, 9.17) is 22.1 Å². The molecule has 1 heterocycles. The maximum absolute atomic E-state index is 6.05. The molecule has 5 heteroatoms. The highest BCUT2D eigenvalue weighted by Crippen LogP contribution is 2.30. The first-order chi connectivity index (χ1) is 7.76. The van der Waals surface area contributed by atoms with Crippen LogP contribution in [0.15, 0.2) is 24.4 Å². The predicted octanol–water partition coefficient (Wildman–Crippen LogP) is 2.20. The van der Waals surface area contributed by atoms with Crippen LogP contribution in [0.3, 0.4) is 0 Å². The monoisotopic (exact) mass is 237 g/mol. The molecule has 4 nitrogen and oxygen atoms in total. The number of ether oxygens (including phenoxy) is 1. The van der Waals surface area contributed by atoms with Crippen LogP contribution in [-0.2, 0) is 6.54 Å². The summed E-state index contributed by atoms with van der Waals surface area (Å²) in [6.45, 7) is 0.440. The third kappa shape index (κ3) is 1.89. The van der Waals surface area contributed by atoms with Gasteiger partial charge in [0.1, 0.15) is 5.75 Å². The summed E-state index contributed by atoms with van der Waals surface area (Å²) in [6.07, 6.45) is 1.72. The lowest BCUT2D eigenvalue weighted by atomic mass is 10.1.